The quantitative estimate of drug-likeness (QED) is 0.702. The number of ether oxygens (including phenoxy) is 1. The molecule has 1 aromatic heterocycles. The summed E-state index contributed by atoms with van der Waals surface area (Å²) < 4.78 is 5.87. The van der Waals surface area contributed by atoms with E-state index < -0.39 is 5.97 Å². The van der Waals surface area contributed by atoms with Gasteiger partial charge in [-0.15, -0.1) is 0 Å². The molecule has 0 amide bonds. The monoisotopic (exact) mass is 235 g/mol. The van der Waals surface area contributed by atoms with Crippen LogP contribution in [0.25, 0.3) is 0 Å². The normalized spacial score (nSPS) is 14.3. The van der Waals surface area contributed by atoms with E-state index >= 15 is 0 Å². The van der Waals surface area contributed by atoms with Gasteiger partial charge in [-0.05, 0) is 18.9 Å². The summed E-state index contributed by atoms with van der Waals surface area (Å²) in [6, 6.07) is 2.87. The van der Waals surface area contributed by atoms with E-state index in [9.17, 15) is 14.4 Å². The standard InChI is InChI=1S/C12H13NO4/c1-17-12(16)7-13-9-3-2-4-10(14)8(9)5-6-11(13)15/h5-6H,2-4,7H2,1H3. The molecule has 0 saturated heterocycles. The average molecular weight is 235 g/mol. The van der Waals surface area contributed by atoms with Crippen LogP contribution in [0.1, 0.15) is 28.9 Å². The van der Waals surface area contributed by atoms with E-state index in [4.69, 9.17) is 0 Å². The van der Waals surface area contributed by atoms with Crippen molar-refractivity contribution in [3.63, 3.8) is 0 Å². The molecule has 1 aliphatic carbocycles. The summed E-state index contributed by atoms with van der Waals surface area (Å²) >= 11 is 0. The number of hydrogen-bond acceptors (Lipinski definition) is 4. The molecule has 5 heteroatoms. The minimum atomic E-state index is -0.487. The van der Waals surface area contributed by atoms with Crippen LogP contribution in [0.15, 0.2) is 16.9 Å². The Morgan fingerprint density at radius 3 is 2.82 bits per heavy atom. The molecule has 5 nitrogen and oxygen atoms in total. The second kappa shape index (κ2) is 4.53. The SMILES string of the molecule is COC(=O)Cn1c2c(ccc1=O)C(=O)CCC2. The van der Waals surface area contributed by atoms with Gasteiger partial charge in [-0.25, -0.2) is 0 Å². The number of methoxy groups -OCH3 is 1. The van der Waals surface area contributed by atoms with E-state index in [0.717, 1.165) is 6.42 Å². The molecular weight excluding hydrogens is 222 g/mol. The van der Waals surface area contributed by atoms with Crippen LogP contribution in [-0.4, -0.2) is 23.4 Å². The molecule has 0 aromatic carbocycles. The molecule has 0 fully saturated rings. The predicted octanol–water partition coefficient (Wildman–Crippen LogP) is 0.540. The summed E-state index contributed by atoms with van der Waals surface area (Å²) in [6.45, 7) is -0.133. The van der Waals surface area contributed by atoms with Gasteiger partial charge in [0, 0.05) is 23.7 Å². The lowest BCUT2D eigenvalue weighted by Crippen LogP contribution is -2.30. The van der Waals surface area contributed by atoms with Crippen LogP contribution in [0.4, 0.5) is 0 Å². The first-order valence-electron chi connectivity index (χ1n) is 5.46. The summed E-state index contributed by atoms with van der Waals surface area (Å²) in [7, 11) is 1.27. The molecule has 1 aromatic rings. The lowest BCUT2D eigenvalue weighted by molar-refractivity contribution is -0.141. The Labute approximate surface area is 98.0 Å². The molecule has 0 N–H and O–H groups in total. The first-order valence-corrected chi connectivity index (χ1v) is 5.46. The zero-order valence-electron chi connectivity index (χ0n) is 9.56. The molecule has 17 heavy (non-hydrogen) atoms. The Morgan fingerprint density at radius 2 is 2.12 bits per heavy atom. The second-order valence-electron chi connectivity index (χ2n) is 3.97. The zero-order chi connectivity index (χ0) is 12.4. The van der Waals surface area contributed by atoms with E-state index in [0.29, 0.717) is 24.1 Å². The van der Waals surface area contributed by atoms with Crippen molar-refractivity contribution in [1.29, 1.82) is 0 Å². The van der Waals surface area contributed by atoms with Gasteiger partial charge in [-0.3, -0.25) is 14.4 Å². The van der Waals surface area contributed by atoms with Crippen molar-refractivity contribution >= 4 is 11.8 Å². The fourth-order valence-electron chi connectivity index (χ4n) is 2.06. The van der Waals surface area contributed by atoms with Crippen molar-refractivity contribution in [3.8, 4) is 0 Å². The lowest BCUT2D eigenvalue weighted by Gasteiger charge is -2.19. The highest BCUT2D eigenvalue weighted by atomic mass is 16.5. The third kappa shape index (κ3) is 2.13. The van der Waals surface area contributed by atoms with Crippen LogP contribution in [-0.2, 0) is 22.5 Å². The minimum absolute atomic E-state index is 0.0323. The summed E-state index contributed by atoms with van der Waals surface area (Å²) in [5, 5.41) is 0. The van der Waals surface area contributed by atoms with Gasteiger partial charge in [0.1, 0.15) is 6.54 Å². The number of ketones is 1. The molecule has 90 valence electrons. The number of Topliss-reactive ketones (excluding diaryl/α,β-unsaturated/α-hetero) is 1. The molecule has 0 unspecified atom stereocenters. The Kier molecular flexibility index (Phi) is 3.08. The minimum Gasteiger partial charge on any atom is -0.468 e. The molecule has 0 radical (unpaired) electrons. The molecule has 0 aliphatic heterocycles. The van der Waals surface area contributed by atoms with Crippen molar-refractivity contribution in [2.75, 3.05) is 7.11 Å². The molecule has 0 bridgehead atoms. The molecule has 0 atom stereocenters. The maximum Gasteiger partial charge on any atom is 0.325 e. The molecule has 1 heterocycles. The lowest BCUT2D eigenvalue weighted by atomic mass is 9.94. The number of fused-ring (bicyclic) bond motifs is 1. The predicted molar refractivity (Wildman–Crippen MR) is 60.0 cm³/mol. The topological polar surface area (TPSA) is 65.4 Å². The number of esters is 1. The van der Waals surface area contributed by atoms with Gasteiger partial charge in [0.25, 0.3) is 5.56 Å². The first kappa shape index (κ1) is 11.6. The number of pyridine rings is 1. The zero-order valence-corrected chi connectivity index (χ0v) is 9.56. The Hall–Kier alpha value is -1.91. The van der Waals surface area contributed by atoms with Crippen molar-refractivity contribution in [2.24, 2.45) is 0 Å². The fourth-order valence-corrected chi connectivity index (χ4v) is 2.06. The molecule has 2 rings (SSSR count). The third-order valence-corrected chi connectivity index (χ3v) is 2.93. The van der Waals surface area contributed by atoms with Gasteiger partial charge in [-0.2, -0.15) is 0 Å². The van der Waals surface area contributed by atoms with Crippen molar-refractivity contribution in [2.45, 2.75) is 25.8 Å². The van der Waals surface area contributed by atoms with E-state index in [1.807, 2.05) is 0 Å². The Morgan fingerprint density at radius 1 is 1.35 bits per heavy atom. The van der Waals surface area contributed by atoms with Gasteiger partial charge in [0.05, 0.1) is 7.11 Å². The maximum absolute atomic E-state index is 11.7. The number of carbonyl (C=O) groups is 2. The molecule has 1 aliphatic rings. The van der Waals surface area contributed by atoms with Gasteiger partial charge < -0.3 is 9.30 Å². The van der Waals surface area contributed by atoms with E-state index in [-0.39, 0.29) is 17.9 Å². The van der Waals surface area contributed by atoms with Crippen LogP contribution >= 0.6 is 0 Å². The van der Waals surface area contributed by atoms with Crippen molar-refractivity contribution in [1.82, 2.24) is 4.57 Å². The van der Waals surface area contributed by atoms with Crippen LogP contribution in [0.5, 0.6) is 0 Å². The van der Waals surface area contributed by atoms with Gasteiger partial charge in [0.15, 0.2) is 5.78 Å². The fraction of sp³-hybridized carbons (Fsp3) is 0.417. The largest absolute Gasteiger partial charge is 0.468 e. The van der Waals surface area contributed by atoms with E-state index in [1.165, 1.54) is 17.7 Å². The van der Waals surface area contributed by atoms with Gasteiger partial charge in [0.2, 0.25) is 0 Å². The number of nitrogens with zero attached hydrogens (tertiary/aromatic N) is 1. The van der Waals surface area contributed by atoms with Gasteiger partial charge >= 0.3 is 5.97 Å². The molecule has 0 spiro atoms. The van der Waals surface area contributed by atoms with Gasteiger partial charge in [-0.1, -0.05) is 0 Å². The van der Waals surface area contributed by atoms with E-state index in [1.54, 1.807) is 6.07 Å². The summed E-state index contributed by atoms with van der Waals surface area (Å²) in [6.07, 6.45) is 1.87. The van der Waals surface area contributed by atoms with Crippen LogP contribution in [0.3, 0.4) is 0 Å². The molecular formula is C12H13NO4. The number of hydrogen-bond donors (Lipinski definition) is 0. The highest BCUT2D eigenvalue weighted by Crippen LogP contribution is 2.19. The highest BCUT2D eigenvalue weighted by Gasteiger charge is 2.21. The first-order chi connectivity index (χ1) is 8.13. The Bertz CT molecular complexity index is 530. The number of rotatable bonds is 2. The van der Waals surface area contributed by atoms with Crippen LogP contribution in [0, 0.1) is 0 Å². The second-order valence-corrected chi connectivity index (χ2v) is 3.97. The molecule has 0 saturated carbocycles. The summed E-state index contributed by atoms with van der Waals surface area (Å²) in [4.78, 5) is 34.6. The van der Waals surface area contributed by atoms with E-state index in [2.05, 4.69) is 4.74 Å². The smallest absolute Gasteiger partial charge is 0.325 e. The Balaban J connectivity index is 2.50. The third-order valence-electron chi connectivity index (χ3n) is 2.93. The van der Waals surface area contributed by atoms with Crippen molar-refractivity contribution < 1.29 is 14.3 Å². The number of aromatic nitrogens is 1. The highest BCUT2D eigenvalue weighted by molar-refractivity contribution is 5.98. The van der Waals surface area contributed by atoms with Crippen molar-refractivity contribution in [3.05, 3.63) is 33.7 Å². The van der Waals surface area contributed by atoms with Crippen LogP contribution < -0.4 is 5.56 Å². The summed E-state index contributed by atoms with van der Waals surface area (Å²) in [5.41, 5.74) is 0.933. The number of carbonyl (C=O) groups excluding carboxylic acids is 2. The van der Waals surface area contributed by atoms with Crippen LogP contribution in [0.2, 0.25) is 0 Å². The maximum atomic E-state index is 11.7. The average Bonchev–Trinajstić information content (AvgIpc) is 2.33. The summed E-state index contributed by atoms with van der Waals surface area (Å²) in [5.74, 6) is -0.455.